The van der Waals surface area contributed by atoms with Gasteiger partial charge < -0.3 is 10.8 Å². The van der Waals surface area contributed by atoms with Crippen molar-refractivity contribution in [3.63, 3.8) is 0 Å². The maximum Gasteiger partial charge on any atom is 0.239 e. The SMILES string of the molecule is Nc1ncc2c(n1)N([C@@H]1CCC[C@@H](O)C1)C(=O)C21CC1. The van der Waals surface area contributed by atoms with Gasteiger partial charge in [-0.15, -0.1) is 0 Å². The molecule has 4 rings (SSSR count). The Morgan fingerprint density at radius 2 is 2.20 bits per heavy atom. The van der Waals surface area contributed by atoms with E-state index in [1.54, 1.807) is 11.1 Å². The number of aliphatic hydroxyl groups excluding tert-OH is 1. The van der Waals surface area contributed by atoms with E-state index in [4.69, 9.17) is 5.73 Å². The molecule has 106 valence electrons. The standard InChI is InChI=1S/C14H18N4O2/c15-13-16-7-10-11(17-13)18(12(20)14(10)4-5-14)8-2-1-3-9(19)6-8/h7-9,19H,1-6H2,(H2,15,16,17)/t8-,9-/m1/s1. The van der Waals surface area contributed by atoms with Gasteiger partial charge in [0.1, 0.15) is 5.82 Å². The number of nitrogen functional groups attached to an aromatic ring is 1. The minimum absolute atomic E-state index is 0.0410. The van der Waals surface area contributed by atoms with E-state index in [-0.39, 0.29) is 29.4 Å². The summed E-state index contributed by atoms with van der Waals surface area (Å²) in [4.78, 5) is 23.0. The van der Waals surface area contributed by atoms with E-state index in [9.17, 15) is 9.90 Å². The van der Waals surface area contributed by atoms with Crippen molar-refractivity contribution >= 4 is 17.7 Å². The van der Waals surface area contributed by atoms with Gasteiger partial charge in [0, 0.05) is 17.8 Å². The molecule has 0 radical (unpaired) electrons. The van der Waals surface area contributed by atoms with Crippen LogP contribution in [0.2, 0.25) is 0 Å². The van der Waals surface area contributed by atoms with Gasteiger partial charge in [0.15, 0.2) is 0 Å². The van der Waals surface area contributed by atoms with Crippen molar-refractivity contribution in [1.29, 1.82) is 0 Å². The first-order valence-corrected chi connectivity index (χ1v) is 7.26. The van der Waals surface area contributed by atoms with Crippen LogP contribution in [0.15, 0.2) is 6.20 Å². The smallest absolute Gasteiger partial charge is 0.239 e. The first-order valence-electron chi connectivity index (χ1n) is 7.26. The van der Waals surface area contributed by atoms with Crippen LogP contribution in [0.25, 0.3) is 0 Å². The van der Waals surface area contributed by atoms with Gasteiger partial charge in [-0.1, -0.05) is 0 Å². The van der Waals surface area contributed by atoms with Gasteiger partial charge in [0.2, 0.25) is 11.9 Å². The Morgan fingerprint density at radius 1 is 1.40 bits per heavy atom. The second kappa shape index (κ2) is 3.91. The summed E-state index contributed by atoms with van der Waals surface area (Å²) in [7, 11) is 0. The molecule has 1 amide bonds. The van der Waals surface area contributed by atoms with Gasteiger partial charge in [0.25, 0.3) is 0 Å². The number of hydrogen-bond donors (Lipinski definition) is 2. The largest absolute Gasteiger partial charge is 0.393 e. The number of hydrogen-bond acceptors (Lipinski definition) is 5. The van der Waals surface area contributed by atoms with Crippen LogP contribution in [0.1, 0.15) is 44.1 Å². The number of carbonyl (C=O) groups excluding carboxylic acids is 1. The Bertz CT molecular complexity index is 585. The molecule has 3 aliphatic rings. The number of nitrogens with zero attached hydrogens (tertiary/aromatic N) is 3. The van der Waals surface area contributed by atoms with Crippen LogP contribution < -0.4 is 10.6 Å². The Kier molecular flexibility index (Phi) is 2.36. The minimum atomic E-state index is -0.383. The van der Waals surface area contributed by atoms with Crippen molar-refractivity contribution in [2.45, 2.75) is 56.1 Å². The maximum atomic E-state index is 12.8. The molecular formula is C14H18N4O2. The number of aliphatic hydroxyl groups is 1. The maximum absolute atomic E-state index is 12.8. The fraction of sp³-hybridized carbons (Fsp3) is 0.643. The third kappa shape index (κ3) is 1.51. The average molecular weight is 274 g/mol. The summed E-state index contributed by atoms with van der Waals surface area (Å²) in [5.41, 5.74) is 6.24. The number of rotatable bonds is 1. The molecule has 1 aliphatic heterocycles. The van der Waals surface area contributed by atoms with E-state index in [2.05, 4.69) is 9.97 Å². The lowest BCUT2D eigenvalue weighted by molar-refractivity contribution is -0.121. The number of anilines is 2. The number of amides is 1. The molecular weight excluding hydrogens is 256 g/mol. The van der Waals surface area contributed by atoms with Crippen LogP contribution in [0.4, 0.5) is 11.8 Å². The van der Waals surface area contributed by atoms with Crippen LogP contribution in [-0.4, -0.2) is 33.1 Å². The van der Waals surface area contributed by atoms with Gasteiger partial charge in [0.05, 0.1) is 11.5 Å². The van der Waals surface area contributed by atoms with Crippen molar-refractivity contribution in [2.75, 3.05) is 10.6 Å². The molecule has 0 unspecified atom stereocenters. The number of aromatic nitrogens is 2. The molecule has 1 aromatic rings. The van der Waals surface area contributed by atoms with Crippen LogP contribution in [-0.2, 0) is 10.2 Å². The zero-order valence-electron chi connectivity index (χ0n) is 11.2. The Balaban J connectivity index is 1.77. The summed E-state index contributed by atoms with van der Waals surface area (Å²) in [6, 6.07) is 0.0410. The van der Waals surface area contributed by atoms with Crippen molar-refractivity contribution in [3.05, 3.63) is 11.8 Å². The zero-order valence-corrected chi connectivity index (χ0v) is 11.2. The normalized spacial score (nSPS) is 30.6. The van der Waals surface area contributed by atoms with E-state index in [1.807, 2.05) is 0 Å². The summed E-state index contributed by atoms with van der Waals surface area (Å²) in [5, 5.41) is 9.88. The molecule has 2 fully saturated rings. The van der Waals surface area contributed by atoms with E-state index >= 15 is 0 Å². The van der Waals surface area contributed by atoms with Gasteiger partial charge in [-0.05, 0) is 38.5 Å². The topological polar surface area (TPSA) is 92.3 Å². The summed E-state index contributed by atoms with van der Waals surface area (Å²) in [6.45, 7) is 0. The highest BCUT2D eigenvalue weighted by atomic mass is 16.3. The van der Waals surface area contributed by atoms with E-state index in [1.165, 1.54) is 0 Å². The predicted octanol–water partition coefficient (Wildman–Crippen LogP) is 0.740. The highest BCUT2D eigenvalue weighted by molar-refractivity contribution is 6.09. The van der Waals surface area contributed by atoms with Gasteiger partial charge in [-0.2, -0.15) is 4.98 Å². The molecule has 6 nitrogen and oxygen atoms in total. The number of fused-ring (bicyclic) bond motifs is 2. The molecule has 20 heavy (non-hydrogen) atoms. The monoisotopic (exact) mass is 274 g/mol. The highest BCUT2D eigenvalue weighted by Gasteiger charge is 2.61. The Labute approximate surface area is 117 Å². The number of carbonyl (C=O) groups is 1. The molecule has 1 aromatic heterocycles. The van der Waals surface area contributed by atoms with Gasteiger partial charge in [-0.3, -0.25) is 9.69 Å². The first-order chi connectivity index (χ1) is 9.62. The third-order valence-corrected chi connectivity index (χ3v) is 4.89. The summed E-state index contributed by atoms with van der Waals surface area (Å²) < 4.78 is 0. The second-order valence-electron chi connectivity index (χ2n) is 6.20. The second-order valence-corrected chi connectivity index (χ2v) is 6.20. The molecule has 0 saturated heterocycles. The van der Waals surface area contributed by atoms with Crippen LogP contribution in [0.5, 0.6) is 0 Å². The molecule has 3 N–H and O–H groups in total. The van der Waals surface area contributed by atoms with Gasteiger partial charge >= 0.3 is 0 Å². The fourth-order valence-electron chi connectivity index (χ4n) is 3.67. The van der Waals surface area contributed by atoms with E-state index in [0.29, 0.717) is 12.2 Å². The molecule has 1 spiro atoms. The Hall–Kier alpha value is -1.69. The predicted molar refractivity (Wildman–Crippen MR) is 73.1 cm³/mol. The molecule has 2 heterocycles. The number of nitrogens with two attached hydrogens (primary N) is 1. The molecule has 2 saturated carbocycles. The van der Waals surface area contributed by atoms with Crippen molar-refractivity contribution in [3.8, 4) is 0 Å². The molecule has 0 aromatic carbocycles. The lowest BCUT2D eigenvalue weighted by atomic mass is 9.92. The lowest BCUT2D eigenvalue weighted by Gasteiger charge is -2.33. The molecule has 0 bridgehead atoms. The molecule has 6 heteroatoms. The Morgan fingerprint density at radius 3 is 2.90 bits per heavy atom. The van der Waals surface area contributed by atoms with E-state index < -0.39 is 0 Å². The van der Waals surface area contributed by atoms with E-state index in [0.717, 1.165) is 37.7 Å². The first kappa shape index (κ1) is 12.1. The highest BCUT2D eigenvalue weighted by Crippen LogP contribution is 2.57. The minimum Gasteiger partial charge on any atom is -0.393 e. The van der Waals surface area contributed by atoms with Crippen molar-refractivity contribution < 1.29 is 9.90 Å². The summed E-state index contributed by atoms with van der Waals surface area (Å²) >= 11 is 0. The molecule has 2 aliphatic carbocycles. The van der Waals surface area contributed by atoms with Crippen molar-refractivity contribution in [2.24, 2.45) is 0 Å². The third-order valence-electron chi connectivity index (χ3n) is 4.89. The average Bonchev–Trinajstić information content (AvgIpc) is 3.16. The summed E-state index contributed by atoms with van der Waals surface area (Å²) in [6.07, 6.45) is 6.45. The zero-order chi connectivity index (χ0) is 13.9. The van der Waals surface area contributed by atoms with Crippen LogP contribution >= 0.6 is 0 Å². The summed E-state index contributed by atoms with van der Waals surface area (Å²) in [5.74, 6) is 1.02. The van der Waals surface area contributed by atoms with Gasteiger partial charge in [-0.25, -0.2) is 4.98 Å². The molecule has 2 atom stereocenters. The fourth-order valence-corrected chi connectivity index (χ4v) is 3.67. The van der Waals surface area contributed by atoms with Crippen LogP contribution in [0.3, 0.4) is 0 Å². The van der Waals surface area contributed by atoms with Crippen molar-refractivity contribution in [1.82, 2.24) is 9.97 Å². The van der Waals surface area contributed by atoms with Crippen LogP contribution in [0, 0.1) is 0 Å². The quantitative estimate of drug-likeness (QED) is 0.788. The lowest BCUT2D eigenvalue weighted by Crippen LogP contribution is -2.44.